The Hall–Kier alpha value is -1.62. The minimum absolute atomic E-state index is 0.313. The number of alkyl carbamates (subject to hydrolysis) is 1. The molecule has 0 aromatic carbocycles. The van der Waals surface area contributed by atoms with Crippen molar-refractivity contribution in [2.75, 3.05) is 13.7 Å². The Morgan fingerprint density at radius 1 is 1.35 bits per heavy atom. The summed E-state index contributed by atoms with van der Waals surface area (Å²) in [6.07, 6.45) is 6.62. The van der Waals surface area contributed by atoms with Crippen LogP contribution in [0.1, 0.15) is 67.9 Å². The van der Waals surface area contributed by atoms with E-state index >= 15 is 0 Å². The number of rotatable bonds is 8. The van der Waals surface area contributed by atoms with Crippen LogP contribution in [0.2, 0.25) is 0 Å². The summed E-state index contributed by atoms with van der Waals surface area (Å²) in [6, 6.07) is 5.48. The van der Waals surface area contributed by atoms with Crippen molar-refractivity contribution in [2.24, 2.45) is 0 Å². The molecule has 1 atom stereocenters. The lowest BCUT2D eigenvalue weighted by molar-refractivity contribution is 0.171. The van der Waals surface area contributed by atoms with Gasteiger partial charge in [-0.1, -0.05) is 0 Å². The van der Waals surface area contributed by atoms with Crippen LogP contribution in [-0.2, 0) is 11.2 Å². The van der Waals surface area contributed by atoms with E-state index in [1.807, 2.05) is 0 Å². The number of methoxy groups -OCH3 is 1. The first-order valence-electron chi connectivity index (χ1n) is 8.74. The average Bonchev–Trinajstić information content (AvgIpc) is 3.44. The van der Waals surface area contributed by atoms with Crippen molar-refractivity contribution < 1.29 is 9.53 Å². The zero-order valence-corrected chi connectivity index (χ0v) is 14.1. The number of pyridine rings is 1. The molecule has 2 aliphatic carbocycles. The van der Waals surface area contributed by atoms with E-state index < -0.39 is 0 Å². The number of hydrogen-bond donors (Lipinski definition) is 2. The number of aromatic nitrogens is 1. The van der Waals surface area contributed by atoms with E-state index in [0.717, 1.165) is 18.5 Å². The van der Waals surface area contributed by atoms with Crippen LogP contribution in [0, 0.1) is 0 Å². The number of aryl methyl sites for hydroxylation is 1. The molecule has 0 spiro atoms. The normalized spacial score (nSPS) is 18.5. The van der Waals surface area contributed by atoms with Crippen molar-refractivity contribution >= 4 is 6.09 Å². The topological polar surface area (TPSA) is 63.2 Å². The van der Waals surface area contributed by atoms with Gasteiger partial charge >= 0.3 is 6.09 Å². The lowest BCUT2D eigenvalue weighted by Crippen LogP contribution is -2.24. The van der Waals surface area contributed by atoms with Crippen LogP contribution < -0.4 is 10.6 Å². The fourth-order valence-corrected chi connectivity index (χ4v) is 2.83. The third kappa shape index (κ3) is 4.93. The lowest BCUT2D eigenvalue weighted by atomic mass is 10.0. The molecule has 3 rings (SSSR count). The number of hydrogen-bond acceptors (Lipinski definition) is 4. The van der Waals surface area contributed by atoms with Crippen LogP contribution in [0.5, 0.6) is 0 Å². The van der Waals surface area contributed by atoms with E-state index in [4.69, 9.17) is 4.98 Å². The van der Waals surface area contributed by atoms with Gasteiger partial charge in [0, 0.05) is 30.2 Å². The SMILES string of the molecule is COC(=O)NCCCc1cc(C2CC2)nc(C(C)NC2CC2)c1. The number of carbonyl (C=O) groups excluding carboxylic acids is 1. The molecule has 1 aromatic heterocycles. The first-order chi connectivity index (χ1) is 11.2. The molecule has 0 aliphatic heterocycles. The standard InChI is InChI=1S/C18H27N3O2/c1-12(20-15-7-8-15)16-10-13(4-3-9-19-18(22)23-2)11-17(21-16)14-5-6-14/h10-12,14-15,20H,3-9H2,1-2H3,(H,19,22). The fraction of sp³-hybridized carbons (Fsp3) is 0.667. The van der Waals surface area contributed by atoms with Gasteiger partial charge in [0.15, 0.2) is 0 Å². The summed E-state index contributed by atoms with van der Waals surface area (Å²) in [5.74, 6) is 0.662. The summed E-state index contributed by atoms with van der Waals surface area (Å²) in [6.45, 7) is 2.85. The smallest absolute Gasteiger partial charge is 0.406 e. The second-order valence-corrected chi connectivity index (χ2v) is 6.78. The van der Waals surface area contributed by atoms with Crippen molar-refractivity contribution in [1.29, 1.82) is 0 Å². The van der Waals surface area contributed by atoms with Crippen molar-refractivity contribution in [3.8, 4) is 0 Å². The van der Waals surface area contributed by atoms with Crippen LogP contribution in [-0.4, -0.2) is 30.8 Å². The number of carbonyl (C=O) groups is 1. The predicted molar refractivity (Wildman–Crippen MR) is 89.5 cm³/mol. The highest BCUT2D eigenvalue weighted by Gasteiger charge is 2.27. The van der Waals surface area contributed by atoms with E-state index in [1.165, 1.54) is 44.1 Å². The van der Waals surface area contributed by atoms with Gasteiger partial charge in [-0.15, -0.1) is 0 Å². The Morgan fingerprint density at radius 3 is 2.78 bits per heavy atom. The maximum absolute atomic E-state index is 11.1. The summed E-state index contributed by atoms with van der Waals surface area (Å²) in [5, 5.41) is 6.37. The van der Waals surface area contributed by atoms with E-state index in [-0.39, 0.29) is 6.09 Å². The molecule has 0 bridgehead atoms. The largest absolute Gasteiger partial charge is 0.453 e. The summed E-state index contributed by atoms with van der Waals surface area (Å²) < 4.78 is 4.59. The molecule has 23 heavy (non-hydrogen) atoms. The van der Waals surface area contributed by atoms with E-state index in [2.05, 4.69) is 34.4 Å². The second kappa shape index (κ2) is 7.30. The molecule has 1 amide bonds. The highest BCUT2D eigenvalue weighted by atomic mass is 16.5. The molecule has 2 fully saturated rings. The first kappa shape index (κ1) is 16.2. The van der Waals surface area contributed by atoms with Gasteiger partial charge in [0.1, 0.15) is 0 Å². The Labute approximate surface area is 138 Å². The van der Waals surface area contributed by atoms with Crippen LogP contribution in [0.4, 0.5) is 4.79 Å². The monoisotopic (exact) mass is 317 g/mol. The Morgan fingerprint density at radius 2 is 2.13 bits per heavy atom. The zero-order chi connectivity index (χ0) is 16.2. The van der Waals surface area contributed by atoms with Gasteiger partial charge in [0.2, 0.25) is 0 Å². The highest BCUT2D eigenvalue weighted by Crippen LogP contribution is 2.40. The molecule has 0 radical (unpaired) electrons. The number of amides is 1. The third-order valence-corrected chi connectivity index (χ3v) is 4.52. The number of ether oxygens (including phenoxy) is 1. The molecule has 2 saturated carbocycles. The Bertz CT molecular complexity index is 553. The minimum Gasteiger partial charge on any atom is -0.453 e. The minimum atomic E-state index is -0.360. The number of nitrogens with zero attached hydrogens (tertiary/aromatic N) is 1. The van der Waals surface area contributed by atoms with Gasteiger partial charge in [-0.05, 0) is 63.1 Å². The van der Waals surface area contributed by atoms with Crippen molar-refractivity contribution in [3.63, 3.8) is 0 Å². The van der Waals surface area contributed by atoms with Crippen molar-refractivity contribution in [3.05, 3.63) is 29.1 Å². The summed E-state index contributed by atoms with van der Waals surface area (Å²) in [5.41, 5.74) is 3.74. The van der Waals surface area contributed by atoms with Crippen LogP contribution in [0.15, 0.2) is 12.1 Å². The molecular weight excluding hydrogens is 290 g/mol. The Balaban J connectivity index is 1.61. The lowest BCUT2D eigenvalue weighted by Gasteiger charge is -2.16. The highest BCUT2D eigenvalue weighted by molar-refractivity contribution is 5.66. The molecule has 2 N–H and O–H groups in total. The molecule has 126 valence electrons. The first-order valence-corrected chi connectivity index (χ1v) is 8.74. The zero-order valence-electron chi connectivity index (χ0n) is 14.1. The Kier molecular flexibility index (Phi) is 5.16. The van der Waals surface area contributed by atoms with Crippen LogP contribution in [0.25, 0.3) is 0 Å². The third-order valence-electron chi connectivity index (χ3n) is 4.52. The van der Waals surface area contributed by atoms with E-state index in [9.17, 15) is 4.79 Å². The summed E-state index contributed by atoms with van der Waals surface area (Å²) in [4.78, 5) is 16.0. The molecule has 5 nitrogen and oxygen atoms in total. The molecule has 1 heterocycles. The summed E-state index contributed by atoms with van der Waals surface area (Å²) in [7, 11) is 1.39. The average molecular weight is 317 g/mol. The maximum atomic E-state index is 11.1. The molecule has 0 saturated heterocycles. The predicted octanol–water partition coefficient (Wildman–Crippen LogP) is 3.06. The van der Waals surface area contributed by atoms with Crippen LogP contribution in [0.3, 0.4) is 0 Å². The molecule has 2 aliphatic rings. The van der Waals surface area contributed by atoms with Crippen LogP contribution >= 0.6 is 0 Å². The quantitative estimate of drug-likeness (QED) is 0.723. The molecule has 1 aromatic rings. The summed E-state index contributed by atoms with van der Waals surface area (Å²) >= 11 is 0. The number of nitrogens with one attached hydrogen (secondary N) is 2. The molecular formula is C18H27N3O2. The fourth-order valence-electron chi connectivity index (χ4n) is 2.83. The van der Waals surface area contributed by atoms with Crippen molar-refractivity contribution in [1.82, 2.24) is 15.6 Å². The van der Waals surface area contributed by atoms with E-state index in [0.29, 0.717) is 24.5 Å². The van der Waals surface area contributed by atoms with Gasteiger partial charge in [-0.2, -0.15) is 0 Å². The maximum Gasteiger partial charge on any atom is 0.406 e. The van der Waals surface area contributed by atoms with Gasteiger partial charge in [-0.25, -0.2) is 4.79 Å². The second-order valence-electron chi connectivity index (χ2n) is 6.78. The van der Waals surface area contributed by atoms with E-state index in [1.54, 1.807) is 0 Å². The van der Waals surface area contributed by atoms with Gasteiger partial charge < -0.3 is 15.4 Å². The molecule has 1 unspecified atom stereocenters. The van der Waals surface area contributed by atoms with Crippen molar-refractivity contribution in [2.45, 2.75) is 63.5 Å². The molecule has 5 heteroatoms. The van der Waals surface area contributed by atoms with Gasteiger partial charge in [0.25, 0.3) is 0 Å². The van der Waals surface area contributed by atoms with Gasteiger partial charge in [-0.3, -0.25) is 4.98 Å². The van der Waals surface area contributed by atoms with Gasteiger partial charge in [0.05, 0.1) is 12.8 Å².